The second-order valence-corrected chi connectivity index (χ2v) is 9.34. The number of hydrogen-bond acceptors (Lipinski definition) is 5. The number of rotatable bonds is 2. The van der Waals surface area contributed by atoms with E-state index in [4.69, 9.17) is 18.0 Å². The van der Waals surface area contributed by atoms with Crippen molar-refractivity contribution in [2.24, 2.45) is 0 Å². The van der Waals surface area contributed by atoms with E-state index in [9.17, 15) is 0 Å². The minimum atomic E-state index is 0.271. The minimum absolute atomic E-state index is 0.271. The fraction of sp³-hybridized carbons (Fsp3) is 0.143. The number of hydrogen-bond donors (Lipinski definition) is 2. The van der Waals surface area contributed by atoms with Crippen LogP contribution >= 0.6 is 35.3 Å². The molecule has 0 radical (unpaired) electrons. The van der Waals surface area contributed by atoms with Gasteiger partial charge in [-0.25, -0.2) is 4.98 Å². The van der Waals surface area contributed by atoms with E-state index in [1.165, 1.54) is 21.6 Å². The lowest BCUT2D eigenvalue weighted by Crippen LogP contribution is -2.12. The summed E-state index contributed by atoms with van der Waals surface area (Å²) >= 11 is 8.99. The maximum atomic E-state index is 6.33. The summed E-state index contributed by atoms with van der Waals surface area (Å²) < 4.78 is 0.446. The van der Waals surface area contributed by atoms with Crippen LogP contribution in [0.5, 0.6) is 0 Å². The molecule has 134 valence electrons. The van der Waals surface area contributed by atoms with E-state index in [-0.39, 0.29) is 5.25 Å². The lowest BCUT2D eigenvalue weighted by atomic mass is 9.98. The molecule has 1 aliphatic rings. The summed E-state index contributed by atoms with van der Waals surface area (Å²) in [6.07, 6.45) is 0.948. The monoisotopic (exact) mass is 407 g/mol. The molecule has 0 spiro atoms. The number of nitrogens with one attached hydrogen (secondary N) is 1. The highest BCUT2D eigenvalue weighted by molar-refractivity contribution is 8.00. The summed E-state index contributed by atoms with van der Waals surface area (Å²) in [5.74, 6) is 0.632. The van der Waals surface area contributed by atoms with E-state index in [0.29, 0.717) is 15.8 Å². The number of fused-ring (bicyclic) bond motifs is 3. The van der Waals surface area contributed by atoms with Crippen molar-refractivity contribution in [1.29, 1.82) is 0 Å². The number of thiophene rings is 1. The lowest BCUT2D eigenvalue weighted by molar-refractivity contribution is 0.895. The van der Waals surface area contributed by atoms with Crippen LogP contribution in [-0.4, -0.2) is 9.97 Å². The number of nitrogen functional groups attached to an aromatic ring is 1. The van der Waals surface area contributed by atoms with Crippen molar-refractivity contribution in [3.8, 4) is 0 Å². The van der Waals surface area contributed by atoms with Gasteiger partial charge < -0.3 is 10.7 Å². The Morgan fingerprint density at radius 2 is 1.67 bits per heavy atom. The molecule has 3 heterocycles. The quantitative estimate of drug-likeness (QED) is 0.397. The van der Waals surface area contributed by atoms with Crippen LogP contribution in [0.25, 0.3) is 10.2 Å². The third kappa shape index (κ3) is 2.98. The second-order valence-electron chi connectivity index (χ2n) is 6.61. The van der Waals surface area contributed by atoms with E-state index in [0.717, 1.165) is 16.6 Å². The number of H-pyrrole nitrogens is 1. The van der Waals surface area contributed by atoms with Crippen LogP contribution in [0.2, 0.25) is 0 Å². The number of benzene rings is 2. The Morgan fingerprint density at radius 3 is 2.37 bits per heavy atom. The first-order chi connectivity index (χ1) is 13.2. The van der Waals surface area contributed by atoms with E-state index >= 15 is 0 Å². The van der Waals surface area contributed by atoms with Crippen molar-refractivity contribution in [1.82, 2.24) is 9.97 Å². The van der Waals surface area contributed by atoms with E-state index < -0.39 is 0 Å². The topological polar surface area (TPSA) is 54.7 Å². The highest BCUT2D eigenvalue weighted by Gasteiger charge is 2.33. The van der Waals surface area contributed by atoms with Crippen LogP contribution in [0, 0.1) is 4.77 Å². The molecule has 0 unspecified atom stereocenters. The van der Waals surface area contributed by atoms with Crippen molar-refractivity contribution < 1.29 is 0 Å². The van der Waals surface area contributed by atoms with Crippen molar-refractivity contribution >= 4 is 51.4 Å². The molecular formula is C21H17N3S3. The molecule has 27 heavy (non-hydrogen) atoms. The third-order valence-electron chi connectivity index (χ3n) is 4.94. The third-order valence-corrected chi connectivity index (χ3v) is 8.02. The largest absolute Gasteiger partial charge is 0.385 e. The van der Waals surface area contributed by atoms with Crippen LogP contribution in [0.4, 0.5) is 5.82 Å². The maximum absolute atomic E-state index is 6.33. The molecule has 5 rings (SSSR count). The molecule has 2 aromatic carbocycles. The zero-order chi connectivity index (χ0) is 18.4. The molecule has 3 N–H and O–H groups in total. The van der Waals surface area contributed by atoms with Gasteiger partial charge in [0.1, 0.15) is 10.6 Å². The van der Waals surface area contributed by atoms with Crippen molar-refractivity contribution in [3.63, 3.8) is 0 Å². The first kappa shape index (κ1) is 17.0. The fourth-order valence-electron chi connectivity index (χ4n) is 3.72. The summed E-state index contributed by atoms with van der Waals surface area (Å²) in [6.45, 7) is 0. The molecule has 0 fully saturated rings. The molecular weight excluding hydrogens is 390 g/mol. The van der Waals surface area contributed by atoms with Crippen LogP contribution in [-0.2, 0) is 6.42 Å². The Morgan fingerprint density at radius 1 is 1.00 bits per heavy atom. The van der Waals surface area contributed by atoms with Gasteiger partial charge >= 0.3 is 0 Å². The average Bonchev–Trinajstić information content (AvgIpc) is 3.07. The molecule has 2 atom stereocenters. The molecule has 1 aliphatic heterocycles. The highest BCUT2D eigenvalue weighted by Crippen LogP contribution is 2.55. The summed E-state index contributed by atoms with van der Waals surface area (Å²) in [5.41, 5.74) is 10.3. The Kier molecular flexibility index (Phi) is 4.27. The number of thioether (sulfide) groups is 1. The van der Waals surface area contributed by atoms with E-state index in [2.05, 4.69) is 70.6 Å². The second kappa shape index (κ2) is 6.78. The van der Waals surface area contributed by atoms with E-state index in [1.54, 1.807) is 11.3 Å². The smallest absolute Gasteiger partial charge is 0.199 e. The number of nitrogens with zero attached hydrogens (tertiary/aromatic N) is 1. The Balaban J connectivity index is 1.73. The molecule has 0 saturated heterocycles. The first-order valence-corrected chi connectivity index (χ1v) is 10.9. The number of aromatic nitrogens is 2. The summed E-state index contributed by atoms with van der Waals surface area (Å²) in [4.78, 5) is 9.89. The first-order valence-electron chi connectivity index (χ1n) is 8.77. The molecule has 6 heteroatoms. The van der Waals surface area contributed by atoms with Gasteiger partial charge in [-0.2, -0.15) is 0 Å². The van der Waals surface area contributed by atoms with Crippen LogP contribution < -0.4 is 5.73 Å². The van der Waals surface area contributed by atoms with Crippen molar-refractivity contribution in [2.75, 3.05) is 5.73 Å². The van der Waals surface area contributed by atoms with Gasteiger partial charge in [0, 0.05) is 10.1 Å². The average molecular weight is 408 g/mol. The number of nitrogens with two attached hydrogens (primary N) is 1. The van der Waals surface area contributed by atoms with Gasteiger partial charge in [0.25, 0.3) is 0 Å². The molecule has 3 nitrogen and oxygen atoms in total. The van der Waals surface area contributed by atoms with Crippen LogP contribution in [0.1, 0.15) is 32.1 Å². The summed E-state index contributed by atoms with van der Waals surface area (Å²) in [7, 11) is 0. The molecule has 0 aliphatic carbocycles. The Labute approximate surface area is 170 Å². The van der Waals surface area contributed by atoms with Gasteiger partial charge in [0.05, 0.1) is 10.6 Å². The normalized spacial score (nSPS) is 19.1. The van der Waals surface area contributed by atoms with Gasteiger partial charge in [-0.3, -0.25) is 0 Å². The SMILES string of the molecule is Nc1[nH]c(=S)nc2sc3c(c12)C[C@@H](c1ccccc1)S[C@@H]3c1ccccc1. The van der Waals surface area contributed by atoms with Gasteiger partial charge in [0.2, 0.25) is 0 Å². The summed E-state index contributed by atoms with van der Waals surface area (Å²) in [5, 5.41) is 1.70. The zero-order valence-electron chi connectivity index (χ0n) is 14.4. The molecule has 0 amide bonds. The minimum Gasteiger partial charge on any atom is -0.385 e. The van der Waals surface area contributed by atoms with Gasteiger partial charge in [-0.1, -0.05) is 60.7 Å². The van der Waals surface area contributed by atoms with Gasteiger partial charge in [-0.15, -0.1) is 23.1 Å². The van der Waals surface area contributed by atoms with Gasteiger partial charge in [0.15, 0.2) is 4.77 Å². The van der Waals surface area contributed by atoms with Gasteiger partial charge in [-0.05, 0) is 35.3 Å². The Bertz CT molecular complexity index is 1170. The fourth-order valence-corrected chi connectivity index (χ4v) is 7.01. The maximum Gasteiger partial charge on any atom is 0.199 e. The standard InChI is InChI=1S/C21H17N3S3/c22-19-16-14-11-15(12-7-3-1-4-8-12)26-17(13-9-5-2-6-10-13)18(14)27-20(16)24-21(25)23-19/h1-10,15,17H,11H2,(H3,22,23,24,25)/t15-,17+/m0/s1. The summed E-state index contributed by atoms with van der Waals surface area (Å²) in [6, 6.07) is 21.4. The van der Waals surface area contributed by atoms with Crippen molar-refractivity contribution in [3.05, 3.63) is 87.0 Å². The van der Waals surface area contributed by atoms with Crippen molar-refractivity contribution in [2.45, 2.75) is 16.9 Å². The molecule has 2 aromatic heterocycles. The molecule has 0 bridgehead atoms. The zero-order valence-corrected chi connectivity index (χ0v) is 16.8. The predicted octanol–water partition coefficient (Wildman–Crippen LogP) is 6.06. The molecule has 4 aromatic rings. The predicted molar refractivity (Wildman–Crippen MR) is 118 cm³/mol. The lowest BCUT2D eigenvalue weighted by Gasteiger charge is -2.30. The van der Waals surface area contributed by atoms with E-state index in [1.807, 2.05) is 11.8 Å². The number of aromatic amines is 1. The van der Waals surface area contributed by atoms with Crippen LogP contribution in [0.15, 0.2) is 60.7 Å². The highest BCUT2D eigenvalue weighted by atomic mass is 32.2. The Hall–Kier alpha value is -2.15. The molecule has 0 saturated carbocycles. The number of anilines is 1. The van der Waals surface area contributed by atoms with Crippen LogP contribution in [0.3, 0.4) is 0 Å².